The van der Waals surface area contributed by atoms with Crippen molar-refractivity contribution in [1.82, 2.24) is 0 Å². The molecule has 5 nitrogen and oxygen atoms in total. The summed E-state index contributed by atoms with van der Waals surface area (Å²) in [6.07, 6.45) is 2.95. The Morgan fingerprint density at radius 2 is 1.41 bits per heavy atom. The number of esters is 1. The topological polar surface area (TPSA) is 61.8 Å². The molecule has 5 heteroatoms. The van der Waals surface area contributed by atoms with E-state index in [0.29, 0.717) is 17.4 Å². The average Bonchev–Trinajstić information content (AvgIpc) is 2.65. The zero-order valence-corrected chi connectivity index (χ0v) is 19.0. The van der Waals surface area contributed by atoms with Crippen LogP contribution in [0.1, 0.15) is 76.7 Å². The minimum atomic E-state index is -0.678. The molecule has 1 aromatic rings. The number of ether oxygens (including phenoxy) is 3. The number of carbonyl (C=O) groups excluding carboxylic acids is 2. The van der Waals surface area contributed by atoms with E-state index in [-0.39, 0.29) is 25.8 Å². The van der Waals surface area contributed by atoms with Crippen LogP contribution in [-0.2, 0) is 20.6 Å². The predicted octanol–water partition coefficient (Wildman–Crippen LogP) is 6.05. The van der Waals surface area contributed by atoms with Crippen molar-refractivity contribution in [3.63, 3.8) is 0 Å². The van der Waals surface area contributed by atoms with Crippen molar-refractivity contribution < 1.29 is 23.8 Å². The molecule has 0 fully saturated rings. The minimum Gasteiger partial charge on any atom is -0.461 e. The molecule has 0 aliphatic rings. The summed E-state index contributed by atoms with van der Waals surface area (Å²) in [5.41, 5.74) is 1.31. The molecule has 0 heterocycles. The molecule has 1 aromatic carbocycles. The molecule has 29 heavy (non-hydrogen) atoms. The first-order chi connectivity index (χ1) is 13.7. The average molecular weight is 407 g/mol. The molecular formula is C24H38O5. The summed E-state index contributed by atoms with van der Waals surface area (Å²) in [7, 11) is 0. The maximum absolute atomic E-state index is 12.6. The van der Waals surface area contributed by atoms with Crippen molar-refractivity contribution in [2.75, 3.05) is 19.8 Å². The number of carbonyl (C=O) groups is 2. The number of rotatable bonds is 12. The van der Waals surface area contributed by atoms with Gasteiger partial charge in [0.25, 0.3) is 0 Å². The molecule has 164 valence electrons. The van der Waals surface area contributed by atoms with Gasteiger partial charge in [-0.1, -0.05) is 53.2 Å². The van der Waals surface area contributed by atoms with E-state index < -0.39 is 11.6 Å². The Morgan fingerprint density at radius 1 is 0.862 bits per heavy atom. The molecular weight excluding hydrogens is 368 g/mol. The lowest BCUT2D eigenvalue weighted by Gasteiger charge is -2.35. The predicted molar refractivity (Wildman–Crippen MR) is 115 cm³/mol. The SMILES string of the molecule is CCCc1ccc(C(=O)OCC(COC(=O)OCC)(CC(C)C)CC(C)C)cc1. The molecule has 0 saturated carbocycles. The van der Waals surface area contributed by atoms with E-state index >= 15 is 0 Å². The van der Waals surface area contributed by atoms with Gasteiger partial charge in [0.2, 0.25) is 0 Å². The van der Waals surface area contributed by atoms with E-state index in [2.05, 4.69) is 34.6 Å². The van der Waals surface area contributed by atoms with Crippen LogP contribution in [0.4, 0.5) is 4.79 Å². The molecule has 0 aliphatic heterocycles. The van der Waals surface area contributed by atoms with Crippen LogP contribution in [0.2, 0.25) is 0 Å². The minimum absolute atomic E-state index is 0.172. The maximum atomic E-state index is 12.6. The van der Waals surface area contributed by atoms with Crippen LogP contribution in [0.25, 0.3) is 0 Å². The lowest BCUT2D eigenvalue weighted by Crippen LogP contribution is -2.37. The summed E-state index contributed by atoms with van der Waals surface area (Å²) in [4.78, 5) is 24.4. The Morgan fingerprint density at radius 3 is 1.90 bits per heavy atom. The van der Waals surface area contributed by atoms with Gasteiger partial charge in [-0.3, -0.25) is 0 Å². The van der Waals surface area contributed by atoms with E-state index in [0.717, 1.165) is 25.7 Å². The fourth-order valence-corrected chi connectivity index (χ4v) is 3.86. The van der Waals surface area contributed by atoms with Crippen LogP contribution in [-0.4, -0.2) is 31.9 Å². The van der Waals surface area contributed by atoms with E-state index in [1.807, 2.05) is 24.3 Å². The summed E-state index contributed by atoms with van der Waals surface area (Å²) in [5, 5.41) is 0. The van der Waals surface area contributed by atoms with Gasteiger partial charge in [0, 0.05) is 5.41 Å². The van der Waals surface area contributed by atoms with Crippen molar-refractivity contribution in [2.24, 2.45) is 17.3 Å². The van der Waals surface area contributed by atoms with E-state index in [9.17, 15) is 9.59 Å². The molecule has 1 rings (SSSR count). The largest absolute Gasteiger partial charge is 0.508 e. The quantitative estimate of drug-likeness (QED) is 0.396. The van der Waals surface area contributed by atoms with Gasteiger partial charge in [0.1, 0.15) is 13.2 Å². The first-order valence-corrected chi connectivity index (χ1v) is 10.8. The third-order valence-electron chi connectivity index (χ3n) is 4.68. The van der Waals surface area contributed by atoms with Gasteiger partial charge >= 0.3 is 12.1 Å². The van der Waals surface area contributed by atoms with Crippen LogP contribution < -0.4 is 0 Å². The van der Waals surface area contributed by atoms with Crippen molar-refractivity contribution in [2.45, 2.75) is 67.2 Å². The van der Waals surface area contributed by atoms with Gasteiger partial charge in [0.05, 0.1) is 12.2 Å². The Labute approximate surface area is 176 Å². The summed E-state index contributed by atoms with van der Waals surface area (Å²) in [6, 6.07) is 7.57. The lowest BCUT2D eigenvalue weighted by atomic mass is 9.75. The lowest BCUT2D eigenvalue weighted by molar-refractivity contribution is -0.0286. The van der Waals surface area contributed by atoms with Crippen LogP contribution in [0, 0.1) is 17.3 Å². The monoisotopic (exact) mass is 406 g/mol. The molecule has 0 amide bonds. The number of benzene rings is 1. The van der Waals surface area contributed by atoms with Crippen molar-refractivity contribution in [1.29, 1.82) is 0 Å². The fourth-order valence-electron chi connectivity index (χ4n) is 3.86. The third kappa shape index (κ3) is 9.33. The molecule has 0 unspecified atom stereocenters. The summed E-state index contributed by atoms with van der Waals surface area (Å²) >= 11 is 0. The second kappa shape index (κ2) is 12.5. The van der Waals surface area contributed by atoms with Gasteiger partial charge in [0.15, 0.2) is 0 Å². The molecule has 0 spiro atoms. The molecule has 0 N–H and O–H groups in total. The van der Waals surface area contributed by atoms with Crippen molar-refractivity contribution in [3.05, 3.63) is 35.4 Å². The Hall–Kier alpha value is -2.04. The summed E-state index contributed by atoms with van der Waals surface area (Å²) < 4.78 is 16.0. The van der Waals surface area contributed by atoms with Crippen LogP contribution in [0.15, 0.2) is 24.3 Å². The Balaban J connectivity index is 2.89. The van der Waals surface area contributed by atoms with Gasteiger partial charge in [-0.05, 0) is 55.7 Å². The zero-order chi connectivity index (χ0) is 21.9. The maximum Gasteiger partial charge on any atom is 0.508 e. The first-order valence-electron chi connectivity index (χ1n) is 10.8. The van der Waals surface area contributed by atoms with Gasteiger partial charge in [-0.25, -0.2) is 9.59 Å². The Kier molecular flexibility index (Phi) is 10.8. The second-order valence-electron chi connectivity index (χ2n) is 8.69. The zero-order valence-electron chi connectivity index (χ0n) is 19.0. The van der Waals surface area contributed by atoms with Crippen LogP contribution in [0.5, 0.6) is 0 Å². The number of hydrogen-bond acceptors (Lipinski definition) is 5. The smallest absolute Gasteiger partial charge is 0.461 e. The first kappa shape index (κ1) is 25.0. The fraction of sp³-hybridized carbons (Fsp3) is 0.667. The summed E-state index contributed by atoms with van der Waals surface area (Å²) in [5.74, 6) is 0.388. The highest BCUT2D eigenvalue weighted by Gasteiger charge is 2.35. The summed E-state index contributed by atoms with van der Waals surface area (Å²) in [6.45, 7) is 13.0. The molecule has 0 saturated heterocycles. The standard InChI is InChI=1S/C24H38O5/c1-7-9-20-10-12-21(13-11-20)22(25)28-16-24(14-18(3)4,15-19(5)6)17-29-23(26)27-8-2/h10-13,18-19H,7-9,14-17H2,1-6H3. The number of hydrogen-bond donors (Lipinski definition) is 0. The van der Waals surface area contributed by atoms with E-state index in [1.54, 1.807) is 6.92 Å². The second-order valence-corrected chi connectivity index (χ2v) is 8.69. The highest BCUT2D eigenvalue weighted by atomic mass is 16.7. The van der Waals surface area contributed by atoms with Crippen molar-refractivity contribution in [3.8, 4) is 0 Å². The van der Waals surface area contributed by atoms with Gasteiger partial charge in [-0.15, -0.1) is 0 Å². The van der Waals surface area contributed by atoms with Gasteiger partial charge < -0.3 is 14.2 Å². The highest BCUT2D eigenvalue weighted by Crippen LogP contribution is 2.35. The number of aryl methyl sites for hydroxylation is 1. The molecule has 0 aromatic heterocycles. The van der Waals surface area contributed by atoms with Crippen LogP contribution >= 0.6 is 0 Å². The third-order valence-corrected chi connectivity index (χ3v) is 4.68. The molecule has 0 aliphatic carbocycles. The Bertz CT molecular complexity index is 609. The van der Waals surface area contributed by atoms with E-state index in [4.69, 9.17) is 14.2 Å². The normalized spacial score (nSPS) is 11.6. The van der Waals surface area contributed by atoms with Crippen LogP contribution in [0.3, 0.4) is 0 Å². The molecule has 0 bridgehead atoms. The van der Waals surface area contributed by atoms with Gasteiger partial charge in [-0.2, -0.15) is 0 Å². The van der Waals surface area contributed by atoms with E-state index in [1.165, 1.54) is 5.56 Å². The molecule has 0 radical (unpaired) electrons. The van der Waals surface area contributed by atoms with Crippen molar-refractivity contribution >= 4 is 12.1 Å². The highest BCUT2D eigenvalue weighted by molar-refractivity contribution is 5.89. The molecule has 0 atom stereocenters.